The van der Waals surface area contributed by atoms with Crippen molar-refractivity contribution < 1.29 is 9.53 Å². The van der Waals surface area contributed by atoms with Gasteiger partial charge in [0.1, 0.15) is 5.75 Å². The highest BCUT2D eigenvalue weighted by molar-refractivity contribution is 5.93. The molecule has 144 valence electrons. The monoisotopic (exact) mass is 367 g/mol. The lowest BCUT2D eigenvalue weighted by Crippen LogP contribution is -2.48. The number of nitrogens with zero attached hydrogens (tertiary/aromatic N) is 2. The summed E-state index contributed by atoms with van der Waals surface area (Å²) in [4.78, 5) is 17.0. The van der Waals surface area contributed by atoms with Crippen LogP contribution in [0.3, 0.4) is 0 Å². The molecule has 1 saturated heterocycles. The highest BCUT2D eigenvalue weighted by atomic mass is 16.5. The average Bonchev–Trinajstić information content (AvgIpc) is 2.66. The molecule has 0 unspecified atom stereocenters. The van der Waals surface area contributed by atoms with Crippen LogP contribution in [0.15, 0.2) is 42.5 Å². The van der Waals surface area contributed by atoms with Gasteiger partial charge in [0, 0.05) is 38.4 Å². The van der Waals surface area contributed by atoms with E-state index >= 15 is 0 Å². The number of carbonyl (C=O) groups is 1. The maximum absolute atomic E-state index is 12.4. The van der Waals surface area contributed by atoms with Gasteiger partial charge in [-0.25, -0.2) is 0 Å². The molecule has 0 atom stereocenters. The van der Waals surface area contributed by atoms with Crippen LogP contribution in [0.1, 0.15) is 16.7 Å². The molecule has 2 aromatic rings. The fraction of sp³-hybridized carbons (Fsp3) is 0.409. The molecular formula is C22H29N3O2. The molecule has 1 aliphatic heterocycles. The predicted octanol–water partition coefficient (Wildman–Crippen LogP) is 3.07. The summed E-state index contributed by atoms with van der Waals surface area (Å²) in [6, 6.07) is 14.3. The van der Waals surface area contributed by atoms with Crippen LogP contribution in [0.2, 0.25) is 0 Å². The molecule has 1 amide bonds. The number of amides is 1. The van der Waals surface area contributed by atoms with E-state index < -0.39 is 0 Å². The fourth-order valence-corrected chi connectivity index (χ4v) is 3.44. The van der Waals surface area contributed by atoms with Crippen molar-refractivity contribution >= 4 is 11.6 Å². The summed E-state index contributed by atoms with van der Waals surface area (Å²) in [7, 11) is 1.69. The second-order valence-corrected chi connectivity index (χ2v) is 7.27. The van der Waals surface area contributed by atoms with Gasteiger partial charge in [0.2, 0.25) is 5.91 Å². The molecule has 5 heteroatoms. The number of rotatable bonds is 6. The second-order valence-electron chi connectivity index (χ2n) is 7.27. The third-order valence-corrected chi connectivity index (χ3v) is 5.05. The highest BCUT2D eigenvalue weighted by Crippen LogP contribution is 2.17. The number of hydrogen-bond donors (Lipinski definition) is 1. The van der Waals surface area contributed by atoms with Crippen LogP contribution in [0.4, 0.5) is 5.69 Å². The zero-order chi connectivity index (χ0) is 19.2. The number of nitrogens with one attached hydrogen (secondary N) is 1. The summed E-state index contributed by atoms with van der Waals surface area (Å²) in [5.74, 6) is 0.948. The Morgan fingerprint density at radius 3 is 2.30 bits per heavy atom. The number of benzene rings is 2. The van der Waals surface area contributed by atoms with Crippen LogP contribution < -0.4 is 10.1 Å². The van der Waals surface area contributed by atoms with E-state index in [9.17, 15) is 4.79 Å². The molecule has 1 aliphatic rings. The fourth-order valence-electron chi connectivity index (χ4n) is 3.44. The van der Waals surface area contributed by atoms with Crippen molar-refractivity contribution in [1.29, 1.82) is 0 Å². The Kier molecular flexibility index (Phi) is 6.48. The van der Waals surface area contributed by atoms with E-state index in [1.165, 1.54) is 11.1 Å². The van der Waals surface area contributed by atoms with Crippen molar-refractivity contribution in [3.63, 3.8) is 0 Å². The molecule has 1 fully saturated rings. The summed E-state index contributed by atoms with van der Waals surface area (Å²) in [6.07, 6.45) is 0. The van der Waals surface area contributed by atoms with Gasteiger partial charge in [-0.2, -0.15) is 0 Å². The lowest BCUT2D eigenvalue weighted by molar-refractivity contribution is -0.117. The molecule has 0 aromatic heterocycles. The highest BCUT2D eigenvalue weighted by Gasteiger charge is 2.19. The van der Waals surface area contributed by atoms with E-state index in [2.05, 4.69) is 40.2 Å². The molecule has 0 bridgehead atoms. The lowest BCUT2D eigenvalue weighted by Gasteiger charge is -2.34. The summed E-state index contributed by atoms with van der Waals surface area (Å²) >= 11 is 0. The molecule has 3 rings (SSSR count). The van der Waals surface area contributed by atoms with Crippen LogP contribution in [-0.2, 0) is 11.3 Å². The third kappa shape index (κ3) is 5.55. The Morgan fingerprint density at radius 2 is 1.67 bits per heavy atom. The number of aryl methyl sites for hydroxylation is 2. The second kappa shape index (κ2) is 9.02. The average molecular weight is 367 g/mol. The molecule has 1 N–H and O–H groups in total. The molecule has 0 radical (unpaired) electrons. The Balaban J connectivity index is 1.44. The van der Waals surface area contributed by atoms with Gasteiger partial charge in [-0.3, -0.25) is 14.6 Å². The SMILES string of the molecule is COc1ccc(CN2CCN(CC(=O)Nc3ccc(C)cc3C)CC2)cc1. The first kappa shape index (κ1) is 19.4. The minimum absolute atomic E-state index is 0.0607. The van der Waals surface area contributed by atoms with Crippen molar-refractivity contribution in [2.45, 2.75) is 20.4 Å². The van der Waals surface area contributed by atoms with Crippen molar-refractivity contribution in [2.24, 2.45) is 0 Å². The van der Waals surface area contributed by atoms with Crippen LogP contribution in [0, 0.1) is 13.8 Å². The van der Waals surface area contributed by atoms with E-state index in [1.54, 1.807) is 7.11 Å². The van der Waals surface area contributed by atoms with Gasteiger partial charge in [-0.1, -0.05) is 29.8 Å². The molecule has 5 nitrogen and oxygen atoms in total. The van der Waals surface area contributed by atoms with Gasteiger partial charge in [0.25, 0.3) is 0 Å². The van der Waals surface area contributed by atoms with Crippen molar-refractivity contribution in [3.05, 3.63) is 59.2 Å². The quantitative estimate of drug-likeness (QED) is 0.852. The van der Waals surface area contributed by atoms with Crippen molar-refractivity contribution in [1.82, 2.24) is 9.80 Å². The summed E-state index contributed by atoms with van der Waals surface area (Å²) in [5.41, 5.74) is 4.51. The lowest BCUT2D eigenvalue weighted by atomic mass is 10.1. The summed E-state index contributed by atoms with van der Waals surface area (Å²) in [5, 5.41) is 3.04. The summed E-state index contributed by atoms with van der Waals surface area (Å²) < 4.78 is 5.21. The molecular weight excluding hydrogens is 338 g/mol. The van der Waals surface area contributed by atoms with Gasteiger partial charge in [-0.15, -0.1) is 0 Å². The standard InChI is InChI=1S/C22H29N3O2/c1-17-4-9-21(18(2)14-17)23-22(26)16-25-12-10-24(11-13-25)15-19-5-7-20(27-3)8-6-19/h4-9,14H,10-13,15-16H2,1-3H3,(H,23,26). The van der Waals surface area contributed by atoms with E-state index in [-0.39, 0.29) is 5.91 Å². The minimum Gasteiger partial charge on any atom is -0.497 e. The zero-order valence-electron chi connectivity index (χ0n) is 16.5. The Bertz CT molecular complexity index is 766. The smallest absolute Gasteiger partial charge is 0.238 e. The molecule has 0 spiro atoms. The van der Waals surface area contributed by atoms with Crippen LogP contribution in [0.5, 0.6) is 5.75 Å². The Hall–Kier alpha value is -2.37. The molecule has 0 saturated carbocycles. The van der Waals surface area contributed by atoms with E-state index in [4.69, 9.17) is 4.74 Å². The maximum atomic E-state index is 12.4. The van der Waals surface area contributed by atoms with Crippen molar-refractivity contribution in [3.8, 4) is 5.75 Å². The van der Waals surface area contributed by atoms with Gasteiger partial charge in [-0.05, 0) is 43.2 Å². The van der Waals surface area contributed by atoms with E-state index in [0.717, 1.165) is 49.7 Å². The normalized spacial score (nSPS) is 15.5. The van der Waals surface area contributed by atoms with Crippen LogP contribution >= 0.6 is 0 Å². The maximum Gasteiger partial charge on any atom is 0.238 e. The minimum atomic E-state index is 0.0607. The first-order chi connectivity index (χ1) is 13.0. The number of carbonyl (C=O) groups excluding carboxylic acids is 1. The number of methoxy groups -OCH3 is 1. The van der Waals surface area contributed by atoms with Gasteiger partial charge in [0.05, 0.1) is 13.7 Å². The number of hydrogen-bond acceptors (Lipinski definition) is 4. The van der Waals surface area contributed by atoms with Crippen LogP contribution in [0.25, 0.3) is 0 Å². The van der Waals surface area contributed by atoms with Gasteiger partial charge in [0.15, 0.2) is 0 Å². The first-order valence-electron chi connectivity index (χ1n) is 9.48. The number of piperazine rings is 1. The third-order valence-electron chi connectivity index (χ3n) is 5.05. The molecule has 27 heavy (non-hydrogen) atoms. The first-order valence-corrected chi connectivity index (χ1v) is 9.48. The number of ether oxygens (including phenoxy) is 1. The predicted molar refractivity (Wildman–Crippen MR) is 109 cm³/mol. The Labute approximate surface area is 161 Å². The van der Waals surface area contributed by atoms with Crippen molar-refractivity contribution in [2.75, 3.05) is 45.2 Å². The topological polar surface area (TPSA) is 44.8 Å². The van der Waals surface area contributed by atoms with Gasteiger partial charge < -0.3 is 10.1 Å². The van der Waals surface area contributed by atoms with E-state index in [0.29, 0.717) is 6.54 Å². The summed E-state index contributed by atoms with van der Waals surface area (Å²) in [6.45, 7) is 9.25. The molecule has 2 aromatic carbocycles. The van der Waals surface area contributed by atoms with Gasteiger partial charge >= 0.3 is 0 Å². The zero-order valence-corrected chi connectivity index (χ0v) is 16.5. The number of anilines is 1. The molecule has 0 aliphatic carbocycles. The van der Waals surface area contributed by atoms with Crippen LogP contribution in [-0.4, -0.2) is 55.5 Å². The molecule has 1 heterocycles. The largest absolute Gasteiger partial charge is 0.497 e. The Morgan fingerprint density at radius 1 is 1.00 bits per heavy atom. The van der Waals surface area contributed by atoms with E-state index in [1.807, 2.05) is 31.2 Å².